The van der Waals surface area contributed by atoms with E-state index in [-0.39, 0.29) is 17.2 Å². The molecule has 0 radical (unpaired) electrons. The molecule has 152 valence electrons. The summed E-state index contributed by atoms with van der Waals surface area (Å²) < 4.78 is 0. The molecule has 1 N–H and O–H groups in total. The Bertz CT molecular complexity index is 919. The molecule has 0 aromatic heterocycles. The largest absolute Gasteiger partial charge is 0.368 e. The van der Waals surface area contributed by atoms with Gasteiger partial charge in [0, 0.05) is 61.2 Å². The quantitative estimate of drug-likeness (QED) is 0.618. The third-order valence-corrected chi connectivity index (χ3v) is 5.09. The topological polar surface area (TPSA) is 95.8 Å². The Morgan fingerprint density at radius 3 is 2.31 bits per heavy atom. The highest BCUT2D eigenvalue weighted by Gasteiger charge is 2.20. The summed E-state index contributed by atoms with van der Waals surface area (Å²) in [7, 11) is 0. The van der Waals surface area contributed by atoms with Gasteiger partial charge in [0.15, 0.2) is 0 Å². The smallest absolute Gasteiger partial charge is 0.273 e. The van der Waals surface area contributed by atoms with Crippen molar-refractivity contribution in [2.24, 2.45) is 0 Å². The number of nitrogens with zero attached hydrogens (tertiary/aromatic N) is 3. The van der Waals surface area contributed by atoms with Gasteiger partial charge in [0.1, 0.15) is 0 Å². The zero-order valence-electron chi connectivity index (χ0n) is 16.6. The molecule has 29 heavy (non-hydrogen) atoms. The summed E-state index contributed by atoms with van der Waals surface area (Å²) in [5, 5.41) is 13.8. The van der Waals surface area contributed by atoms with E-state index in [9.17, 15) is 19.7 Å². The van der Waals surface area contributed by atoms with Crippen molar-refractivity contribution in [3.05, 3.63) is 63.7 Å². The van der Waals surface area contributed by atoms with Crippen LogP contribution in [0.2, 0.25) is 0 Å². The molecule has 1 fully saturated rings. The van der Waals surface area contributed by atoms with Crippen LogP contribution in [-0.4, -0.2) is 47.8 Å². The van der Waals surface area contributed by atoms with Crippen LogP contribution in [0.3, 0.4) is 0 Å². The fourth-order valence-corrected chi connectivity index (χ4v) is 3.34. The fraction of sp³-hybridized carbons (Fsp3) is 0.333. The third-order valence-electron chi connectivity index (χ3n) is 5.09. The molecular formula is C21H24N4O4. The van der Waals surface area contributed by atoms with Gasteiger partial charge in [-0.05, 0) is 37.3 Å². The van der Waals surface area contributed by atoms with E-state index in [1.54, 1.807) is 31.2 Å². The molecule has 0 atom stereocenters. The first-order valence-corrected chi connectivity index (χ1v) is 9.58. The van der Waals surface area contributed by atoms with Crippen LogP contribution in [-0.2, 0) is 4.79 Å². The Morgan fingerprint density at radius 2 is 1.72 bits per heavy atom. The molecular weight excluding hydrogens is 372 g/mol. The molecule has 0 spiro atoms. The first-order chi connectivity index (χ1) is 13.9. The Labute approximate surface area is 169 Å². The van der Waals surface area contributed by atoms with Crippen molar-refractivity contribution in [3.63, 3.8) is 0 Å². The van der Waals surface area contributed by atoms with Gasteiger partial charge in [-0.2, -0.15) is 0 Å². The molecule has 1 saturated heterocycles. The van der Waals surface area contributed by atoms with Crippen molar-refractivity contribution in [2.75, 3.05) is 36.4 Å². The van der Waals surface area contributed by atoms with E-state index in [4.69, 9.17) is 0 Å². The lowest BCUT2D eigenvalue weighted by atomic mass is 10.1. The number of hydrogen-bond acceptors (Lipinski definition) is 5. The summed E-state index contributed by atoms with van der Waals surface area (Å²) in [6.07, 6.45) is 0.526. The van der Waals surface area contributed by atoms with Crippen LogP contribution in [0.5, 0.6) is 0 Å². The highest BCUT2D eigenvalue weighted by atomic mass is 16.6. The van der Waals surface area contributed by atoms with Crippen LogP contribution in [0.15, 0.2) is 42.5 Å². The van der Waals surface area contributed by atoms with Crippen molar-refractivity contribution in [1.82, 2.24) is 4.90 Å². The first-order valence-electron chi connectivity index (χ1n) is 9.58. The Hall–Kier alpha value is -3.42. The van der Waals surface area contributed by atoms with Crippen LogP contribution in [0.1, 0.15) is 29.3 Å². The Kier molecular flexibility index (Phi) is 6.11. The molecule has 8 nitrogen and oxygen atoms in total. The lowest BCUT2D eigenvalue weighted by molar-refractivity contribution is -0.385. The summed E-state index contributed by atoms with van der Waals surface area (Å²) in [6.45, 7) is 6.46. The highest BCUT2D eigenvalue weighted by molar-refractivity contribution is 6.04. The number of aryl methyl sites for hydroxylation is 1. The molecule has 2 aromatic rings. The van der Waals surface area contributed by atoms with Gasteiger partial charge in [-0.15, -0.1) is 0 Å². The molecule has 1 aliphatic rings. The van der Waals surface area contributed by atoms with Gasteiger partial charge >= 0.3 is 0 Å². The second kappa shape index (κ2) is 8.72. The predicted molar refractivity (Wildman–Crippen MR) is 111 cm³/mol. The monoisotopic (exact) mass is 396 g/mol. The summed E-state index contributed by atoms with van der Waals surface area (Å²) in [6, 6.07) is 11.9. The van der Waals surface area contributed by atoms with Crippen LogP contribution in [0, 0.1) is 17.0 Å². The minimum absolute atomic E-state index is 0.0753. The highest BCUT2D eigenvalue weighted by Crippen LogP contribution is 2.22. The number of piperazine rings is 1. The molecule has 0 saturated carbocycles. The minimum Gasteiger partial charge on any atom is -0.368 e. The predicted octanol–water partition coefficient (Wildman–Crippen LogP) is 3.21. The zero-order valence-corrected chi connectivity index (χ0v) is 16.6. The van der Waals surface area contributed by atoms with Crippen molar-refractivity contribution in [2.45, 2.75) is 20.3 Å². The van der Waals surface area contributed by atoms with E-state index in [1.165, 1.54) is 6.07 Å². The average Bonchev–Trinajstić information content (AvgIpc) is 2.74. The fourth-order valence-electron chi connectivity index (χ4n) is 3.34. The maximum absolute atomic E-state index is 12.4. The first kappa shape index (κ1) is 20.3. The van der Waals surface area contributed by atoms with Gasteiger partial charge in [0.2, 0.25) is 5.91 Å². The molecule has 0 aliphatic carbocycles. The van der Waals surface area contributed by atoms with Gasteiger partial charge in [0.25, 0.3) is 11.6 Å². The standard InChI is InChI=1S/C21H24N4O4/c1-3-20(26)24-12-10-23(11-13-24)18-8-6-17(7-9-18)22-21(27)16-5-4-15(2)19(14-16)25(28)29/h4-9,14H,3,10-13H2,1-2H3,(H,22,27). The van der Waals surface area contributed by atoms with E-state index in [2.05, 4.69) is 10.2 Å². The van der Waals surface area contributed by atoms with Crippen molar-refractivity contribution in [1.29, 1.82) is 0 Å². The number of carbonyl (C=O) groups is 2. The van der Waals surface area contributed by atoms with Gasteiger partial charge in [0.05, 0.1) is 4.92 Å². The molecule has 2 aromatic carbocycles. The number of hydrogen-bond donors (Lipinski definition) is 1. The molecule has 3 rings (SSSR count). The molecule has 2 amide bonds. The Balaban J connectivity index is 1.62. The number of nitro groups is 1. The van der Waals surface area contributed by atoms with E-state index >= 15 is 0 Å². The summed E-state index contributed by atoms with van der Waals surface area (Å²) in [4.78, 5) is 38.9. The number of amides is 2. The third kappa shape index (κ3) is 4.71. The number of rotatable bonds is 5. The average molecular weight is 396 g/mol. The molecule has 0 unspecified atom stereocenters. The number of nitrogens with one attached hydrogen (secondary N) is 1. The lowest BCUT2D eigenvalue weighted by Gasteiger charge is -2.36. The molecule has 8 heteroatoms. The maximum Gasteiger partial charge on any atom is 0.273 e. The van der Waals surface area contributed by atoms with Crippen LogP contribution in [0.25, 0.3) is 0 Å². The van der Waals surface area contributed by atoms with Gasteiger partial charge < -0.3 is 15.1 Å². The van der Waals surface area contributed by atoms with Crippen LogP contribution >= 0.6 is 0 Å². The normalized spacial score (nSPS) is 13.9. The summed E-state index contributed by atoms with van der Waals surface area (Å²) in [5.41, 5.74) is 2.31. The number of anilines is 2. The molecule has 1 aliphatic heterocycles. The van der Waals surface area contributed by atoms with E-state index in [0.29, 0.717) is 30.8 Å². The second-order valence-corrected chi connectivity index (χ2v) is 6.98. The van der Waals surface area contributed by atoms with Gasteiger partial charge in [-0.3, -0.25) is 19.7 Å². The van der Waals surface area contributed by atoms with Gasteiger partial charge in [-0.25, -0.2) is 0 Å². The van der Waals surface area contributed by atoms with E-state index in [0.717, 1.165) is 18.8 Å². The molecule has 0 bridgehead atoms. The zero-order chi connectivity index (χ0) is 21.0. The van der Waals surface area contributed by atoms with E-state index in [1.807, 2.05) is 24.0 Å². The maximum atomic E-state index is 12.4. The number of carbonyl (C=O) groups excluding carboxylic acids is 2. The minimum atomic E-state index is -0.491. The number of benzene rings is 2. The van der Waals surface area contributed by atoms with Crippen molar-refractivity contribution in [3.8, 4) is 0 Å². The summed E-state index contributed by atoms with van der Waals surface area (Å²) >= 11 is 0. The van der Waals surface area contributed by atoms with Crippen LogP contribution in [0.4, 0.5) is 17.1 Å². The Morgan fingerprint density at radius 1 is 1.07 bits per heavy atom. The van der Waals surface area contributed by atoms with Crippen molar-refractivity contribution >= 4 is 28.9 Å². The van der Waals surface area contributed by atoms with Crippen LogP contribution < -0.4 is 10.2 Å². The summed E-state index contributed by atoms with van der Waals surface area (Å²) in [5.74, 6) is -0.216. The molecule has 1 heterocycles. The van der Waals surface area contributed by atoms with E-state index < -0.39 is 10.8 Å². The van der Waals surface area contributed by atoms with Crippen molar-refractivity contribution < 1.29 is 14.5 Å². The van der Waals surface area contributed by atoms with Gasteiger partial charge in [-0.1, -0.05) is 13.0 Å². The SMILES string of the molecule is CCC(=O)N1CCN(c2ccc(NC(=O)c3ccc(C)c([N+](=O)[O-])c3)cc2)CC1. The number of nitro benzene ring substituents is 1. The second-order valence-electron chi connectivity index (χ2n) is 6.98. The lowest BCUT2D eigenvalue weighted by Crippen LogP contribution is -2.48.